The van der Waals surface area contributed by atoms with Crippen molar-refractivity contribution < 1.29 is 16.8 Å². The van der Waals surface area contributed by atoms with E-state index in [0.717, 1.165) is 6.07 Å². The van der Waals surface area contributed by atoms with Gasteiger partial charge in [0.2, 0.25) is 20.0 Å². The van der Waals surface area contributed by atoms with Crippen molar-refractivity contribution in [1.82, 2.24) is 4.72 Å². The molecule has 3 N–H and O–H groups in total. The molecule has 0 radical (unpaired) electrons. The highest BCUT2D eigenvalue weighted by Crippen LogP contribution is 2.14. The standard InChI is InChI=1S/C10H16N2O4S2/c1-8(2)7-12-18(15,16)10-5-3-4-9(6-10)17(11,13)14/h3-6,8,12H,7H2,1-2H3,(H2,11,13,14). The first-order valence-corrected chi connectivity index (χ1v) is 8.28. The number of sulfonamides is 2. The third-order valence-electron chi connectivity index (χ3n) is 2.13. The van der Waals surface area contributed by atoms with Gasteiger partial charge in [-0.25, -0.2) is 26.7 Å². The van der Waals surface area contributed by atoms with E-state index in [2.05, 4.69) is 4.72 Å². The summed E-state index contributed by atoms with van der Waals surface area (Å²) in [7, 11) is -7.62. The highest BCUT2D eigenvalue weighted by molar-refractivity contribution is 7.90. The summed E-state index contributed by atoms with van der Waals surface area (Å²) >= 11 is 0. The molecule has 1 rings (SSSR count). The fourth-order valence-electron chi connectivity index (χ4n) is 1.18. The molecule has 0 aliphatic carbocycles. The minimum Gasteiger partial charge on any atom is -0.225 e. The summed E-state index contributed by atoms with van der Waals surface area (Å²) in [5.74, 6) is 0.154. The van der Waals surface area contributed by atoms with Gasteiger partial charge in [0.1, 0.15) is 0 Å². The number of rotatable bonds is 5. The van der Waals surface area contributed by atoms with Gasteiger partial charge >= 0.3 is 0 Å². The summed E-state index contributed by atoms with van der Waals surface area (Å²) in [5.41, 5.74) is 0. The largest absolute Gasteiger partial charge is 0.240 e. The first-order valence-electron chi connectivity index (χ1n) is 5.25. The van der Waals surface area contributed by atoms with Crippen molar-refractivity contribution in [3.8, 4) is 0 Å². The number of benzene rings is 1. The average Bonchev–Trinajstić information content (AvgIpc) is 2.26. The van der Waals surface area contributed by atoms with E-state index < -0.39 is 20.0 Å². The van der Waals surface area contributed by atoms with Crippen LogP contribution in [0.4, 0.5) is 0 Å². The second kappa shape index (κ2) is 5.35. The summed E-state index contributed by atoms with van der Waals surface area (Å²) in [5, 5.41) is 4.95. The van der Waals surface area contributed by atoms with Crippen molar-refractivity contribution in [2.45, 2.75) is 23.6 Å². The molecule has 0 amide bonds. The Kier molecular flexibility index (Phi) is 4.49. The number of nitrogens with one attached hydrogen (secondary N) is 1. The Morgan fingerprint density at radius 1 is 1.17 bits per heavy atom. The SMILES string of the molecule is CC(C)CNS(=O)(=O)c1cccc(S(N)(=O)=O)c1. The van der Waals surface area contributed by atoms with Gasteiger partial charge in [0.15, 0.2) is 0 Å². The molecule has 0 saturated heterocycles. The van der Waals surface area contributed by atoms with Crippen LogP contribution in [0.3, 0.4) is 0 Å². The zero-order valence-electron chi connectivity index (χ0n) is 10.1. The summed E-state index contributed by atoms with van der Waals surface area (Å²) in [6.45, 7) is 4.01. The molecule has 0 aliphatic rings. The molecule has 0 unspecified atom stereocenters. The number of hydrogen-bond acceptors (Lipinski definition) is 4. The molecule has 18 heavy (non-hydrogen) atoms. The van der Waals surface area contributed by atoms with E-state index in [1.807, 2.05) is 13.8 Å². The molecule has 0 bridgehead atoms. The van der Waals surface area contributed by atoms with Crippen LogP contribution in [0.25, 0.3) is 0 Å². The normalized spacial score (nSPS) is 12.9. The molecule has 0 fully saturated rings. The molecule has 0 spiro atoms. The molecular formula is C10H16N2O4S2. The molecule has 1 aromatic carbocycles. The lowest BCUT2D eigenvalue weighted by molar-refractivity contribution is 0.560. The maximum atomic E-state index is 11.9. The molecule has 0 saturated carbocycles. The van der Waals surface area contributed by atoms with Crippen LogP contribution in [0.15, 0.2) is 34.1 Å². The molecule has 0 aromatic heterocycles. The van der Waals surface area contributed by atoms with Crippen LogP contribution in [-0.2, 0) is 20.0 Å². The molecule has 0 atom stereocenters. The lowest BCUT2D eigenvalue weighted by Crippen LogP contribution is -2.27. The topological polar surface area (TPSA) is 106 Å². The van der Waals surface area contributed by atoms with Crippen LogP contribution in [0, 0.1) is 5.92 Å². The van der Waals surface area contributed by atoms with Crippen LogP contribution < -0.4 is 9.86 Å². The van der Waals surface area contributed by atoms with E-state index in [1.54, 1.807) is 0 Å². The van der Waals surface area contributed by atoms with E-state index in [-0.39, 0.29) is 22.3 Å². The third kappa shape index (κ3) is 4.05. The third-order valence-corrected chi connectivity index (χ3v) is 4.46. The van der Waals surface area contributed by atoms with Gasteiger partial charge in [-0.15, -0.1) is 0 Å². The van der Waals surface area contributed by atoms with Gasteiger partial charge in [0.25, 0.3) is 0 Å². The molecular weight excluding hydrogens is 276 g/mol. The Bertz CT molecular complexity index is 621. The predicted octanol–water partition coefficient (Wildman–Crippen LogP) is 0.268. The highest BCUT2D eigenvalue weighted by atomic mass is 32.2. The minimum absolute atomic E-state index is 0.116. The van der Waals surface area contributed by atoms with Crippen LogP contribution in [0.1, 0.15) is 13.8 Å². The second-order valence-electron chi connectivity index (χ2n) is 4.27. The highest BCUT2D eigenvalue weighted by Gasteiger charge is 2.17. The van der Waals surface area contributed by atoms with Crippen molar-refractivity contribution in [2.75, 3.05) is 6.54 Å². The summed E-state index contributed by atoms with van der Waals surface area (Å²) in [4.78, 5) is -0.343. The Labute approximate surface area is 107 Å². The van der Waals surface area contributed by atoms with E-state index >= 15 is 0 Å². The fourth-order valence-corrected chi connectivity index (χ4v) is 3.07. The smallest absolute Gasteiger partial charge is 0.225 e. The van der Waals surface area contributed by atoms with Gasteiger partial charge in [-0.05, 0) is 24.1 Å². The first kappa shape index (κ1) is 15.1. The Balaban J connectivity index is 3.11. The minimum atomic E-state index is -3.91. The molecule has 1 aromatic rings. The maximum Gasteiger partial charge on any atom is 0.240 e. The van der Waals surface area contributed by atoms with Gasteiger partial charge in [0.05, 0.1) is 9.79 Å². The fraction of sp³-hybridized carbons (Fsp3) is 0.400. The van der Waals surface area contributed by atoms with Crippen molar-refractivity contribution in [1.29, 1.82) is 0 Å². The molecule has 0 aliphatic heterocycles. The summed E-state index contributed by atoms with van der Waals surface area (Å²) in [6, 6.07) is 4.94. The van der Waals surface area contributed by atoms with E-state index in [9.17, 15) is 16.8 Å². The van der Waals surface area contributed by atoms with Gasteiger partial charge in [0, 0.05) is 6.54 Å². The predicted molar refractivity (Wildman–Crippen MR) is 67.8 cm³/mol. The molecule has 6 nitrogen and oxygen atoms in total. The van der Waals surface area contributed by atoms with Crippen molar-refractivity contribution in [3.05, 3.63) is 24.3 Å². The lowest BCUT2D eigenvalue weighted by atomic mass is 10.2. The van der Waals surface area contributed by atoms with Gasteiger partial charge in [-0.2, -0.15) is 0 Å². The van der Waals surface area contributed by atoms with Gasteiger partial charge < -0.3 is 0 Å². The van der Waals surface area contributed by atoms with E-state index in [0.29, 0.717) is 0 Å². The van der Waals surface area contributed by atoms with Crippen LogP contribution in [-0.4, -0.2) is 23.4 Å². The molecule has 8 heteroatoms. The monoisotopic (exact) mass is 292 g/mol. The maximum absolute atomic E-state index is 11.9. The Hall–Kier alpha value is -0.960. The van der Waals surface area contributed by atoms with Crippen molar-refractivity contribution in [2.24, 2.45) is 11.1 Å². The quantitative estimate of drug-likeness (QED) is 0.812. The first-order chi connectivity index (χ1) is 8.13. The Morgan fingerprint density at radius 2 is 1.72 bits per heavy atom. The van der Waals surface area contributed by atoms with Crippen molar-refractivity contribution >= 4 is 20.0 Å². The summed E-state index contributed by atoms with van der Waals surface area (Å²) in [6.07, 6.45) is 0. The van der Waals surface area contributed by atoms with Crippen molar-refractivity contribution in [3.63, 3.8) is 0 Å². The molecule has 0 heterocycles. The molecule has 102 valence electrons. The van der Waals surface area contributed by atoms with Crippen LogP contribution in [0.2, 0.25) is 0 Å². The Morgan fingerprint density at radius 3 is 2.22 bits per heavy atom. The second-order valence-corrected chi connectivity index (χ2v) is 7.59. The zero-order valence-corrected chi connectivity index (χ0v) is 11.8. The number of nitrogens with two attached hydrogens (primary N) is 1. The summed E-state index contributed by atoms with van der Waals surface area (Å²) < 4.78 is 48.4. The van der Waals surface area contributed by atoms with Crippen LogP contribution in [0.5, 0.6) is 0 Å². The van der Waals surface area contributed by atoms with Gasteiger partial charge in [-0.3, -0.25) is 0 Å². The lowest BCUT2D eigenvalue weighted by Gasteiger charge is -2.09. The van der Waals surface area contributed by atoms with Crippen LogP contribution >= 0.6 is 0 Å². The number of hydrogen-bond donors (Lipinski definition) is 2. The van der Waals surface area contributed by atoms with E-state index in [1.165, 1.54) is 18.2 Å². The number of primary sulfonamides is 1. The van der Waals surface area contributed by atoms with Gasteiger partial charge in [-0.1, -0.05) is 19.9 Å². The average molecular weight is 292 g/mol. The van der Waals surface area contributed by atoms with E-state index in [4.69, 9.17) is 5.14 Å². The zero-order chi connectivity index (χ0) is 14.0.